The smallest absolute Gasteiger partial charge is 0.267 e. The van der Waals surface area contributed by atoms with Crippen LogP contribution in [0.3, 0.4) is 0 Å². The maximum Gasteiger partial charge on any atom is 0.267 e. The van der Waals surface area contributed by atoms with E-state index in [1.165, 1.54) is 18.0 Å². The Morgan fingerprint density at radius 1 is 1.62 bits per heavy atom. The molecule has 1 aromatic rings. The van der Waals surface area contributed by atoms with Crippen molar-refractivity contribution in [2.75, 3.05) is 13.1 Å². The first-order chi connectivity index (χ1) is 7.72. The Bertz CT molecular complexity index is 377. The van der Waals surface area contributed by atoms with Crippen LogP contribution < -0.4 is 0 Å². The summed E-state index contributed by atoms with van der Waals surface area (Å²) < 4.78 is 3.87. The lowest BCUT2D eigenvalue weighted by molar-refractivity contribution is 0.0686. The Morgan fingerprint density at radius 3 is 3.12 bits per heavy atom. The Hall–Kier alpha value is -0.970. The monoisotopic (exact) mass is 239 g/mol. The van der Waals surface area contributed by atoms with Crippen LogP contribution >= 0.6 is 11.5 Å². The molecule has 4 nitrogen and oxygen atoms in total. The molecule has 2 heterocycles. The van der Waals surface area contributed by atoms with Gasteiger partial charge < -0.3 is 4.90 Å². The quantitative estimate of drug-likeness (QED) is 0.792. The van der Waals surface area contributed by atoms with Gasteiger partial charge in [-0.3, -0.25) is 4.79 Å². The molecule has 0 radical (unpaired) electrons. The molecule has 2 rings (SSSR count). The van der Waals surface area contributed by atoms with Gasteiger partial charge in [0.05, 0.1) is 5.69 Å². The lowest BCUT2D eigenvalue weighted by Gasteiger charge is -2.30. The minimum atomic E-state index is 0.124. The van der Waals surface area contributed by atoms with Crippen molar-refractivity contribution >= 4 is 17.4 Å². The van der Waals surface area contributed by atoms with E-state index in [-0.39, 0.29) is 5.91 Å². The van der Waals surface area contributed by atoms with Gasteiger partial charge in [-0.25, -0.2) is 0 Å². The second-order valence-electron chi connectivity index (χ2n) is 4.40. The first kappa shape index (κ1) is 11.5. The molecular weight excluding hydrogens is 222 g/mol. The van der Waals surface area contributed by atoms with Crippen LogP contribution in [0.2, 0.25) is 0 Å². The zero-order valence-corrected chi connectivity index (χ0v) is 10.6. The van der Waals surface area contributed by atoms with E-state index < -0.39 is 0 Å². The van der Waals surface area contributed by atoms with E-state index in [1.54, 1.807) is 0 Å². The van der Waals surface area contributed by atoms with Gasteiger partial charge in [-0.2, -0.15) is 0 Å². The first-order valence-electron chi connectivity index (χ1n) is 5.82. The number of aromatic nitrogens is 2. The predicted octanol–water partition coefficient (Wildman–Crippen LogP) is 1.97. The van der Waals surface area contributed by atoms with Crippen LogP contribution in [0, 0.1) is 5.92 Å². The van der Waals surface area contributed by atoms with Crippen molar-refractivity contribution < 1.29 is 4.79 Å². The molecule has 1 aliphatic rings. The topological polar surface area (TPSA) is 46.1 Å². The van der Waals surface area contributed by atoms with E-state index in [0.29, 0.717) is 5.92 Å². The third-order valence-electron chi connectivity index (χ3n) is 3.03. The summed E-state index contributed by atoms with van der Waals surface area (Å²) in [6, 6.07) is 0. The van der Waals surface area contributed by atoms with Gasteiger partial charge in [0.1, 0.15) is 4.88 Å². The molecule has 1 fully saturated rings. The predicted molar refractivity (Wildman–Crippen MR) is 63.6 cm³/mol. The fraction of sp³-hybridized carbons (Fsp3) is 0.727. The molecule has 0 spiro atoms. The molecule has 5 heteroatoms. The summed E-state index contributed by atoms with van der Waals surface area (Å²) in [5, 5.41) is 3.99. The molecule has 1 amide bonds. The molecule has 0 aromatic carbocycles. The number of nitrogens with zero attached hydrogens (tertiary/aromatic N) is 3. The van der Waals surface area contributed by atoms with E-state index in [1.807, 2.05) is 11.8 Å². The van der Waals surface area contributed by atoms with E-state index in [0.717, 1.165) is 36.5 Å². The number of rotatable bonds is 2. The molecule has 1 aliphatic heterocycles. The summed E-state index contributed by atoms with van der Waals surface area (Å²) in [7, 11) is 0. The van der Waals surface area contributed by atoms with E-state index in [2.05, 4.69) is 16.5 Å². The highest BCUT2D eigenvalue weighted by atomic mass is 32.1. The highest BCUT2D eigenvalue weighted by Crippen LogP contribution is 2.20. The Kier molecular flexibility index (Phi) is 3.53. The van der Waals surface area contributed by atoms with Gasteiger partial charge in [-0.1, -0.05) is 18.3 Å². The van der Waals surface area contributed by atoms with Crippen LogP contribution in [-0.2, 0) is 6.42 Å². The van der Waals surface area contributed by atoms with Gasteiger partial charge in [-0.05, 0) is 36.7 Å². The molecule has 1 atom stereocenters. The molecule has 1 saturated heterocycles. The standard InChI is InChI=1S/C11H17N3OS/c1-3-9-10(16-13-12-9)11(15)14-6-4-5-8(2)7-14/h8H,3-7H2,1-2H3/t8-/m0/s1. The Balaban J connectivity index is 2.12. The molecule has 0 aliphatic carbocycles. The van der Waals surface area contributed by atoms with Crippen molar-refractivity contribution in [1.29, 1.82) is 0 Å². The summed E-state index contributed by atoms with van der Waals surface area (Å²) in [6.45, 7) is 5.96. The second-order valence-corrected chi connectivity index (χ2v) is 5.15. The highest BCUT2D eigenvalue weighted by Gasteiger charge is 2.25. The van der Waals surface area contributed by atoms with E-state index in [9.17, 15) is 4.79 Å². The summed E-state index contributed by atoms with van der Waals surface area (Å²) in [4.78, 5) is 14.9. The van der Waals surface area contributed by atoms with Crippen LogP contribution in [0.1, 0.15) is 42.1 Å². The van der Waals surface area contributed by atoms with Crippen LogP contribution in [0.4, 0.5) is 0 Å². The first-order valence-corrected chi connectivity index (χ1v) is 6.60. The average molecular weight is 239 g/mol. The zero-order chi connectivity index (χ0) is 11.5. The zero-order valence-electron chi connectivity index (χ0n) is 9.77. The van der Waals surface area contributed by atoms with Crippen molar-refractivity contribution in [3.8, 4) is 0 Å². The number of carbonyl (C=O) groups is 1. The SMILES string of the molecule is CCc1nnsc1C(=O)N1CCC[C@H](C)C1. The molecule has 88 valence electrons. The molecule has 0 N–H and O–H groups in total. The third-order valence-corrected chi connectivity index (χ3v) is 3.79. The Labute approximate surface area is 99.8 Å². The lowest BCUT2D eigenvalue weighted by atomic mass is 10.00. The summed E-state index contributed by atoms with van der Waals surface area (Å²) in [5.74, 6) is 0.738. The number of amides is 1. The van der Waals surface area contributed by atoms with Crippen molar-refractivity contribution in [3.63, 3.8) is 0 Å². The summed E-state index contributed by atoms with van der Waals surface area (Å²) >= 11 is 1.22. The van der Waals surface area contributed by atoms with Crippen molar-refractivity contribution in [1.82, 2.24) is 14.5 Å². The minimum Gasteiger partial charge on any atom is -0.338 e. The maximum absolute atomic E-state index is 12.2. The normalized spacial score (nSPS) is 21.1. The number of likely N-dealkylation sites (tertiary alicyclic amines) is 1. The number of aryl methyl sites for hydroxylation is 1. The molecule has 0 unspecified atom stereocenters. The van der Waals surface area contributed by atoms with Gasteiger partial charge in [0.2, 0.25) is 0 Å². The third kappa shape index (κ3) is 2.24. The van der Waals surface area contributed by atoms with Crippen LogP contribution in [0.25, 0.3) is 0 Å². The second kappa shape index (κ2) is 4.91. The lowest BCUT2D eigenvalue weighted by Crippen LogP contribution is -2.39. The van der Waals surface area contributed by atoms with Gasteiger partial charge in [0, 0.05) is 13.1 Å². The number of carbonyl (C=O) groups excluding carboxylic acids is 1. The van der Waals surface area contributed by atoms with Gasteiger partial charge in [-0.15, -0.1) is 5.10 Å². The minimum absolute atomic E-state index is 0.124. The van der Waals surface area contributed by atoms with Crippen molar-refractivity contribution in [3.05, 3.63) is 10.6 Å². The molecule has 0 saturated carbocycles. The fourth-order valence-corrected chi connectivity index (χ4v) is 2.84. The molecule has 0 bridgehead atoms. The summed E-state index contributed by atoms with van der Waals surface area (Å²) in [6.07, 6.45) is 3.12. The Morgan fingerprint density at radius 2 is 2.44 bits per heavy atom. The fourth-order valence-electron chi connectivity index (χ4n) is 2.12. The highest BCUT2D eigenvalue weighted by molar-refractivity contribution is 7.07. The van der Waals surface area contributed by atoms with Crippen molar-refractivity contribution in [2.45, 2.75) is 33.1 Å². The number of hydrogen-bond acceptors (Lipinski definition) is 4. The number of piperidine rings is 1. The number of hydrogen-bond donors (Lipinski definition) is 0. The van der Waals surface area contributed by atoms with Crippen molar-refractivity contribution in [2.24, 2.45) is 5.92 Å². The van der Waals surface area contributed by atoms with E-state index >= 15 is 0 Å². The largest absolute Gasteiger partial charge is 0.338 e. The molecular formula is C11H17N3OS. The molecule has 16 heavy (non-hydrogen) atoms. The van der Waals surface area contributed by atoms with Gasteiger partial charge in [0.25, 0.3) is 5.91 Å². The molecule has 1 aromatic heterocycles. The van der Waals surface area contributed by atoms with Gasteiger partial charge in [0.15, 0.2) is 0 Å². The van der Waals surface area contributed by atoms with Crippen LogP contribution in [0.5, 0.6) is 0 Å². The van der Waals surface area contributed by atoms with E-state index in [4.69, 9.17) is 0 Å². The van der Waals surface area contributed by atoms with Crippen LogP contribution in [0.15, 0.2) is 0 Å². The van der Waals surface area contributed by atoms with Gasteiger partial charge >= 0.3 is 0 Å². The van der Waals surface area contributed by atoms with Crippen LogP contribution in [-0.4, -0.2) is 33.5 Å². The average Bonchev–Trinajstić information content (AvgIpc) is 2.76. The maximum atomic E-state index is 12.2. The summed E-state index contributed by atoms with van der Waals surface area (Å²) in [5.41, 5.74) is 0.841.